The molecule has 1 aromatic rings. The topological polar surface area (TPSA) is 112 Å². The largest absolute Gasteiger partial charge is 0.453 e. The third-order valence-electron chi connectivity index (χ3n) is 6.46. The van der Waals surface area contributed by atoms with Crippen LogP contribution < -0.4 is 16.1 Å². The number of amides is 3. The molecule has 0 aromatic heterocycles. The lowest BCUT2D eigenvalue weighted by atomic mass is 9.91. The average molecular weight is 513 g/mol. The number of urea groups is 1. The van der Waals surface area contributed by atoms with Crippen molar-refractivity contribution >= 4 is 23.7 Å². The fourth-order valence-corrected chi connectivity index (χ4v) is 4.73. The van der Waals surface area contributed by atoms with Crippen LogP contribution in [0.25, 0.3) is 0 Å². The molecular formula is C25H41ClN4O5. The van der Waals surface area contributed by atoms with Gasteiger partial charge in [0.05, 0.1) is 7.11 Å². The molecule has 0 bridgehead atoms. The van der Waals surface area contributed by atoms with Gasteiger partial charge in [-0.1, -0.05) is 23.7 Å². The fourth-order valence-electron chi connectivity index (χ4n) is 4.53. The van der Waals surface area contributed by atoms with Crippen LogP contribution in [0.4, 0.5) is 9.59 Å². The molecule has 0 saturated carbocycles. The van der Waals surface area contributed by atoms with Crippen molar-refractivity contribution in [2.75, 3.05) is 46.5 Å². The molecule has 0 aliphatic carbocycles. The average Bonchev–Trinajstić information content (AvgIpc) is 2.86. The van der Waals surface area contributed by atoms with Gasteiger partial charge in [-0.05, 0) is 75.0 Å². The smallest absolute Gasteiger partial charge is 0.406 e. The number of methoxy groups -OCH3 is 1. The number of hydrogen-bond acceptors (Lipinski definition) is 6. The molecule has 9 nitrogen and oxygen atoms in total. The fraction of sp³-hybridized carbons (Fsp3) is 0.680. The second-order valence-corrected chi connectivity index (χ2v) is 9.44. The van der Waals surface area contributed by atoms with Crippen molar-refractivity contribution in [1.82, 2.24) is 21.0 Å². The molecule has 1 fully saturated rings. The van der Waals surface area contributed by atoms with Crippen molar-refractivity contribution in [2.24, 2.45) is 5.92 Å². The number of hydrogen-bond donors (Lipinski definition) is 4. The zero-order chi connectivity index (χ0) is 25.5. The summed E-state index contributed by atoms with van der Waals surface area (Å²) in [5, 5.41) is 15.7. The second kappa shape index (κ2) is 16.6. The highest BCUT2D eigenvalue weighted by Crippen LogP contribution is 2.27. The summed E-state index contributed by atoms with van der Waals surface area (Å²) >= 11 is 6.23. The Hall–Kier alpha value is -2.07. The predicted octanol–water partition coefficient (Wildman–Crippen LogP) is 4.15. The normalized spacial score (nSPS) is 17.3. The Labute approximate surface area is 213 Å². The number of halogens is 1. The molecular weight excluding hydrogens is 472 g/mol. The van der Waals surface area contributed by atoms with Crippen molar-refractivity contribution in [2.45, 2.75) is 57.4 Å². The Morgan fingerprint density at radius 3 is 2.83 bits per heavy atom. The summed E-state index contributed by atoms with van der Waals surface area (Å²) in [5.74, 6) is 0.563. The van der Waals surface area contributed by atoms with Crippen LogP contribution in [0.2, 0.25) is 5.02 Å². The summed E-state index contributed by atoms with van der Waals surface area (Å²) in [4.78, 5) is 26.2. The molecule has 4 N–H and O–H groups in total. The van der Waals surface area contributed by atoms with Gasteiger partial charge in [0.25, 0.3) is 0 Å². The minimum atomic E-state index is -0.440. The van der Waals surface area contributed by atoms with E-state index < -0.39 is 6.09 Å². The van der Waals surface area contributed by atoms with Gasteiger partial charge in [-0.3, -0.25) is 0 Å². The first-order valence-corrected chi connectivity index (χ1v) is 12.9. The molecule has 3 amide bonds. The molecule has 0 spiro atoms. The lowest BCUT2D eigenvalue weighted by Crippen LogP contribution is -2.49. The van der Waals surface area contributed by atoms with E-state index in [0.717, 1.165) is 50.7 Å². The van der Waals surface area contributed by atoms with E-state index >= 15 is 0 Å². The lowest BCUT2D eigenvalue weighted by molar-refractivity contribution is 0.0451. The SMILES string of the molecule is CCN(CCC(CCCNC(=O)OC)c1cccc(Cl)c1)C(=O)N[C@H](CNO)C[C@H]1CCCOC1. The van der Waals surface area contributed by atoms with Crippen LogP contribution in [0, 0.1) is 5.92 Å². The van der Waals surface area contributed by atoms with E-state index in [9.17, 15) is 14.8 Å². The first-order valence-electron chi connectivity index (χ1n) is 12.5. The van der Waals surface area contributed by atoms with Crippen molar-refractivity contribution in [3.8, 4) is 0 Å². The van der Waals surface area contributed by atoms with E-state index in [-0.39, 0.29) is 24.5 Å². The standard InChI is InChI=1S/C25H41ClN4O5/c1-3-30(24(31)29-23(17-28-33)15-19-7-6-14-35-18-19)13-11-20(9-5-12-27-25(32)34-2)21-8-4-10-22(26)16-21/h4,8,10,16,19-20,23,28,33H,3,5-7,9,11-15,17-18H2,1-2H3,(H,27,32)(H,29,31)/t19-,20?,23+/m1/s1. The number of carbonyl (C=O) groups excluding carboxylic acids is 2. The highest BCUT2D eigenvalue weighted by Gasteiger charge is 2.23. The molecule has 1 aliphatic heterocycles. The summed E-state index contributed by atoms with van der Waals surface area (Å²) < 4.78 is 10.2. The Morgan fingerprint density at radius 1 is 1.34 bits per heavy atom. The van der Waals surface area contributed by atoms with Gasteiger partial charge >= 0.3 is 12.1 Å². The molecule has 1 unspecified atom stereocenters. The van der Waals surface area contributed by atoms with E-state index in [2.05, 4.69) is 26.9 Å². The van der Waals surface area contributed by atoms with E-state index in [4.69, 9.17) is 16.3 Å². The third kappa shape index (κ3) is 11.0. The number of rotatable bonds is 14. The summed E-state index contributed by atoms with van der Waals surface area (Å²) in [5.41, 5.74) is 3.33. The Kier molecular flexibility index (Phi) is 13.8. The van der Waals surface area contributed by atoms with Gasteiger partial charge in [-0.2, -0.15) is 0 Å². The number of nitrogens with one attached hydrogen (secondary N) is 3. The molecule has 1 aliphatic rings. The van der Waals surface area contributed by atoms with Crippen LogP contribution in [-0.4, -0.2) is 74.8 Å². The summed E-state index contributed by atoms with van der Waals surface area (Å²) in [6.07, 6.45) is 4.79. The maximum absolute atomic E-state index is 13.1. The summed E-state index contributed by atoms with van der Waals surface area (Å²) in [7, 11) is 1.35. The van der Waals surface area contributed by atoms with Gasteiger partial charge < -0.3 is 30.2 Å². The second-order valence-electron chi connectivity index (χ2n) is 9.01. The van der Waals surface area contributed by atoms with Gasteiger partial charge in [0, 0.05) is 50.5 Å². The Morgan fingerprint density at radius 2 is 2.17 bits per heavy atom. The Bertz CT molecular complexity index is 763. The predicted molar refractivity (Wildman–Crippen MR) is 136 cm³/mol. The first kappa shape index (κ1) is 29.2. The highest BCUT2D eigenvalue weighted by atomic mass is 35.5. The van der Waals surface area contributed by atoms with E-state index in [1.807, 2.05) is 25.1 Å². The molecule has 35 heavy (non-hydrogen) atoms. The van der Waals surface area contributed by atoms with E-state index in [1.165, 1.54) is 7.11 Å². The molecule has 0 radical (unpaired) electrons. The van der Waals surface area contributed by atoms with Gasteiger partial charge in [0.1, 0.15) is 0 Å². The number of hydroxylamine groups is 1. The van der Waals surface area contributed by atoms with Crippen molar-refractivity contribution in [3.05, 3.63) is 34.9 Å². The zero-order valence-corrected chi connectivity index (χ0v) is 21.7. The first-order chi connectivity index (χ1) is 17.0. The summed E-state index contributed by atoms with van der Waals surface area (Å²) in [6, 6.07) is 7.48. The third-order valence-corrected chi connectivity index (χ3v) is 6.69. The molecule has 10 heteroatoms. The minimum absolute atomic E-state index is 0.137. The lowest BCUT2D eigenvalue weighted by Gasteiger charge is -2.30. The quantitative estimate of drug-likeness (QED) is 0.220. The van der Waals surface area contributed by atoms with Crippen LogP contribution in [0.3, 0.4) is 0 Å². The maximum atomic E-state index is 13.1. The number of carbonyl (C=O) groups is 2. The highest BCUT2D eigenvalue weighted by molar-refractivity contribution is 6.30. The van der Waals surface area contributed by atoms with Gasteiger partial charge in [-0.15, -0.1) is 0 Å². The molecule has 3 atom stereocenters. The maximum Gasteiger partial charge on any atom is 0.406 e. The number of ether oxygens (including phenoxy) is 2. The van der Waals surface area contributed by atoms with E-state index in [0.29, 0.717) is 37.2 Å². The molecule has 2 rings (SSSR count). The van der Waals surface area contributed by atoms with Crippen LogP contribution in [0.15, 0.2) is 24.3 Å². The monoisotopic (exact) mass is 512 g/mol. The van der Waals surface area contributed by atoms with Gasteiger partial charge in [-0.25, -0.2) is 15.1 Å². The van der Waals surface area contributed by atoms with Gasteiger partial charge in [0.15, 0.2) is 0 Å². The molecule has 1 aromatic carbocycles. The minimum Gasteiger partial charge on any atom is -0.453 e. The number of alkyl carbamates (subject to hydrolysis) is 1. The van der Waals surface area contributed by atoms with Crippen molar-refractivity contribution < 1.29 is 24.3 Å². The summed E-state index contributed by atoms with van der Waals surface area (Å²) in [6.45, 7) is 5.41. The van der Waals surface area contributed by atoms with E-state index in [1.54, 1.807) is 4.90 Å². The van der Waals surface area contributed by atoms with Crippen LogP contribution in [0.5, 0.6) is 0 Å². The molecule has 1 saturated heterocycles. The Balaban J connectivity index is 1.94. The van der Waals surface area contributed by atoms with Crippen molar-refractivity contribution in [3.63, 3.8) is 0 Å². The number of nitrogens with zero attached hydrogens (tertiary/aromatic N) is 1. The van der Waals surface area contributed by atoms with Crippen LogP contribution in [-0.2, 0) is 9.47 Å². The van der Waals surface area contributed by atoms with Crippen molar-refractivity contribution in [1.29, 1.82) is 0 Å². The molecule has 1 heterocycles. The van der Waals surface area contributed by atoms with Gasteiger partial charge in [0.2, 0.25) is 0 Å². The van der Waals surface area contributed by atoms with Crippen LogP contribution >= 0.6 is 11.6 Å². The molecule has 198 valence electrons. The zero-order valence-electron chi connectivity index (χ0n) is 20.9. The number of benzene rings is 1. The van der Waals surface area contributed by atoms with Crippen LogP contribution in [0.1, 0.15) is 56.9 Å².